The van der Waals surface area contributed by atoms with Gasteiger partial charge in [-0.15, -0.1) is 0 Å². The van der Waals surface area contributed by atoms with Crippen molar-refractivity contribution in [1.82, 2.24) is 15.1 Å². The number of aryl methyl sites for hydroxylation is 1. The predicted molar refractivity (Wildman–Crippen MR) is 86.4 cm³/mol. The molecular formula is C17H21N3O3. The molecule has 1 amide bonds. The molecule has 0 bridgehead atoms. The van der Waals surface area contributed by atoms with Gasteiger partial charge in [-0.3, -0.25) is 9.59 Å². The molecule has 0 spiro atoms. The number of aliphatic carboxylic acids is 1. The zero-order valence-electron chi connectivity index (χ0n) is 13.4. The van der Waals surface area contributed by atoms with Crippen LogP contribution in [0.15, 0.2) is 30.3 Å². The molecule has 6 heteroatoms. The first-order valence-corrected chi connectivity index (χ1v) is 7.58. The van der Waals surface area contributed by atoms with Gasteiger partial charge in [0.15, 0.2) is 0 Å². The van der Waals surface area contributed by atoms with Gasteiger partial charge in [-0.1, -0.05) is 18.2 Å². The van der Waals surface area contributed by atoms with Crippen molar-refractivity contribution in [2.75, 3.05) is 0 Å². The second-order valence-electron chi connectivity index (χ2n) is 5.42. The van der Waals surface area contributed by atoms with Crippen molar-refractivity contribution in [1.29, 1.82) is 0 Å². The van der Waals surface area contributed by atoms with Gasteiger partial charge in [0, 0.05) is 30.6 Å². The molecule has 0 saturated heterocycles. The molecule has 0 aliphatic heterocycles. The van der Waals surface area contributed by atoms with Gasteiger partial charge in [-0.05, 0) is 32.4 Å². The van der Waals surface area contributed by atoms with Crippen LogP contribution in [0, 0.1) is 13.8 Å². The fraction of sp³-hybridized carbons (Fsp3) is 0.353. The van der Waals surface area contributed by atoms with Crippen molar-refractivity contribution in [2.24, 2.45) is 0 Å². The first-order chi connectivity index (χ1) is 11.0. The Morgan fingerprint density at radius 1 is 1.17 bits per heavy atom. The molecule has 0 fully saturated rings. The van der Waals surface area contributed by atoms with E-state index in [9.17, 15) is 9.59 Å². The number of nitrogens with one attached hydrogen (secondary N) is 1. The Balaban J connectivity index is 2.00. The highest BCUT2D eigenvalue weighted by Gasteiger charge is 2.13. The molecule has 0 radical (unpaired) electrons. The molecule has 1 heterocycles. The van der Waals surface area contributed by atoms with E-state index in [0.717, 1.165) is 22.6 Å². The lowest BCUT2D eigenvalue weighted by molar-refractivity contribution is -0.137. The second-order valence-corrected chi connectivity index (χ2v) is 5.42. The van der Waals surface area contributed by atoms with Gasteiger partial charge < -0.3 is 10.4 Å². The lowest BCUT2D eigenvalue weighted by atomic mass is 10.2. The van der Waals surface area contributed by atoms with E-state index < -0.39 is 5.97 Å². The number of benzene rings is 1. The summed E-state index contributed by atoms with van der Waals surface area (Å²) in [7, 11) is 0. The molecule has 1 aromatic heterocycles. The fourth-order valence-electron chi connectivity index (χ4n) is 2.43. The van der Waals surface area contributed by atoms with Gasteiger partial charge in [-0.25, -0.2) is 4.68 Å². The average Bonchev–Trinajstić information content (AvgIpc) is 2.80. The third-order valence-corrected chi connectivity index (χ3v) is 3.70. The zero-order valence-corrected chi connectivity index (χ0v) is 13.4. The number of carbonyl (C=O) groups is 2. The summed E-state index contributed by atoms with van der Waals surface area (Å²) in [4.78, 5) is 22.2. The number of carboxylic acid groups (broad SMARTS) is 1. The fourth-order valence-corrected chi connectivity index (χ4v) is 2.43. The molecular weight excluding hydrogens is 294 g/mol. The summed E-state index contributed by atoms with van der Waals surface area (Å²) in [5, 5.41) is 15.9. The number of nitrogens with zero attached hydrogens (tertiary/aromatic N) is 2. The molecule has 0 atom stereocenters. The summed E-state index contributed by atoms with van der Waals surface area (Å²) in [5.41, 5.74) is 3.82. The van der Waals surface area contributed by atoms with Crippen LogP contribution in [0.4, 0.5) is 0 Å². The van der Waals surface area contributed by atoms with Crippen LogP contribution in [-0.4, -0.2) is 26.8 Å². The van der Waals surface area contributed by atoms with Crippen molar-refractivity contribution in [2.45, 2.75) is 39.7 Å². The lowest BCUT2D eigenvalue weighted by Gasteiger charge is -2.07. The zero-order chi connectivity index (χ0) is 16.8. The Bertz CT molecular complexity index is 693. The van der Waals surface area contributed by atoms with Gasteiger partial charge in [0.25, 0.3) is 0 Å². The largest absolute Gasteiger partial charge is 0.481 e. The molecule has 2 rings (SSSR count). The third kappa shape index (κ3) is 4.42. The lowest BCUT2D eigenvalue weighted by Crippen LogP contribution is -2.23. The van der Waals surface area contributed by atoms with Crippen LogP contribution >= 0.6 is 0 Å². The van der Waals surface area contributed by atoms with E-state index in [0.29, 0.717) is 13.0 Å². The number of aromatic nitrogens is 2. The topological polar surface area (TPSA) is 84.2 Å². The van der Waals surface area contributed by atoms with Gasteiger partial charge in [0.05, 0.1) is 11.4 Å². The van der Waals surface area contributed by atoms with Gasteiger partial charge in [-0.2, -0.15) is 5.10 Å². The molecule has 23 heavy (non-hydrogen) atoms. The molecule has 0 saturated carbocycles. The van der Waals surface area contributed by atoms with Crippen molar-refractivity contribution in [3.63, 3.8) is 0 Å². The number of amides is 1. The standard InChI is InChI=1S/C17H21N3O3/c1-12-15(11-18-16(21)9-6-10-17(22)23)13(2)20(19-12)14-7-4-3-5-8-14/h3-5,7-8H,6,9-11H2,1-2H3,(H,18,21)(H,22,23). The van der Waals surface area contributed by atoms with E-state index in [-0.39, 0.29) is 18.7 Å². The Labute approximate surface area is 135 Å². The predicted octanol–water partition coefficient (Wildman–Crippen LogP) is 2.36. The average molecular weight is 315 g/mol. The maximum atomic E-state index is 11.8. The minimum atomic E-state index is -0.881. The molecule has 122 valence electrons. The van der Waals surface area contributed by atoms with E-state index in [4.69, 9.17) is 5.11 Å². The minimum absolute atomic E-state index is 0.0113. The van der Waals surface area contributed by atoms with Crippen LogP contribution in [0.5, 0.6) is 0 Å². The smallest absolute Gasteiger partial charge is 0.303 e. The number of rotatable bonds is 7. The number of hydrogen-bond donors (Lipinski definition) is 2. The maximum Gasteiger partial charge on any atom is 0.303 e. The van der Waals surface area contributed by atoms with E-state index in [1.165, 1.54) is 0 Å². The van der Waals surface area contributed by atoms with Gasteiger partial charge >= 0.3 is 5.97 Å². The number of carbonyl (C=O) groups excluding carboxylic acids is 1. The summed E-state index contributed by atoms with van der Waals surface area (Å²) in [6.07, 6.45) is 0.580. The summed E-state index contributed by atoms with van der Waals surface area (Å²) in [6, 6.07) is 9.82. The minimum Gasteiger partial charge on any atom is -0.481 e. The van der Waals surface area contributed by atoms with Crippen molar-refractivity contribution < 1.29 is 14.7 Å². The first-order valence-electron chi connectivity index (χ1n) is 7.58. The molecule has 0 unspecified atom stereocenters. The van der Waals surface area contributed by atoms with E-state index >= 15 is 0 Å². The van der Waals surface area contributed by atoms with Gasteiger partial charge in [0.2, 0.25) is 5.91 Å². The summed E-state index contributed by atoms with van der Waals surface area (Å²) in [6.45, 7) is 4.29. The summed E-state index contributed by atoms with van der Waals surface area (Å²) < 4.78 is 1.86. The summed E-state index contributed by atoms with van der Waals surface area (Å²) in [5.74, 6) is -1.02. The SMILES string of the molecule is Cc1nn(-c2ccccc2)c(C)c1CNC(=O)CCCC(=O)O. The van der Waals surface area contributed by atoms with Crippen LogP contribution in [0.25, 0.3) is 5.69 Å². The highest BCUT2D eigenvalue weighted by atomic mass is 16.4. The van der Waals surface area contributed by atoms with Crippen LogP contribution in [0.3, 0.4) is 0 Å². The molecule has 1 aromatic carbocycles. The van der Waals surface area contributed by atoms with Crippen LogP contribution in [-0.2, 0) is 16.1 Å². The Morgan fingerprint density at radius 2 is 1.87 bits per heavy atom. The Kier molecular flexibility index (Phi) is 5.51. The van der Waals surface area contributed by atoms with Gasteiger partial charge in [0.1, 0.15) is 0 Å². The number of carboxylic acids is 1. The van der Waals surface area contributed by atoms with Crippen molar-refractivity contribution in [3.8, 4) is 5.69 Å². The normalized spacial score (nSPS) is 10.5. The quantitative estimate of drug-likeness (QED) is 0.821. The second kappa shape index (κ2) is 7.58. The highest BCUT2D eigenvalue weighted by Crippen LogP contribution is 2.17. The number of para-hydroxylation sites is 1. The Morgan fingerprint density at radius 3 is 2.52 bits per heavy atom. The van der Waals surface area contributed by atoms with Crippen LogP contribution < -0.4 is 5.32 Å². The van der Waals surface area contributed by atoms with E-state index in [1.54, 1.807) is 0 Å². The number of hydrogen-bond acceptors (Lipinski definition) is 3. The monoisotopic (exact) mass is 315 g/mol. The molecule has 0 aliphatic carbocycles. The van der Waals surface area contributed by atoms with Crippen LogP contribution in [0.1, 0.15) is 36.2 Å². The Hall–Kier alpha value is -2.63. The molecule has 2 aromatic rings. The van der Waals surface area contributed by atoms with E-state index in [1.807, 2.05) is 48.9 Å². The summed E-state index contributed by atoms with van der Waals surface area (Å²) >= 11 is 0. The van der Waals surface area contributed by atoms with E-state index in [2.05, 4.69) is 10.4 Å². The van der Waals surface area contributed by atoms with Crippen molar-refractivity contribution in [3.05, 3.63) is 47.3 Å². The molecule has 0 aliphatic rings. The molecule has 2 N–H and O–H groups in total. The first kappa shape index (κ1) is 16.7. The van der Waals surface area contributed by atoms with Crippen LogP contribution in [0.2, 0.25) is 0 Å². The maximum absolute atomic E-state index is 11.8. The van der Waals surface area contributed by atoms with Crippen molar-refractivity contribution >= 4 is 11.9 Å². The molecule has 6 nitrogen and oxygen atoms in total. The third-order valence-electron chi connectivity index (χ3n) is 3.70. The highest BCUT2D eigenvalue weighted by molar-refractivity contribution is 5.76.